The Morgan fingerprint density at radius 1 is 1.25 bits per heavy atom. The van der Waals surface area contributed by atoms with Gasteiger partial charge in [-0.05, 0) is 26.0 Å². The summed E-state index contributed by atoms with van der Waals surface area (Å²) in [6.45, 7) is 3.76. The molecule has 1 aromatic carbocycles. The molecule has 0 heterocycles. The van der Waals surface area contributed by atoms with Crippen LogP contribution in [0.5, 0.6) is 0 Å². The van der Waals surface area contributed by atoms with Crippen LogP contribution in [0.2, 0.25) is 0 Å². The summed E-state index contributed by atoms with van der Waals surface area (Å²) in [5, 5.41) is 2.52. The van der Waals surface area contributed by atoms with Gasteiger partial charge >= 0.3 is 0 Å². The SMILES string of the molecule is Cc1ccc(S(=O)(=O)NCCNC(=O)C(C)N)cc1.Cl. The van der Waals surface area contributed by atoms with Crippen LogP contribution in [0.25, 0.3) is 0 Å². The molecule has 20 heavy (non-hydrogen) atoms. The van der Waals surface area contributed by atoms with Crippen molar-refractivity contribution in [3.05, 3.63) is 29.8 Å². The highest BCUT2D eigenvalue weighted by Gasteiger charge is 2.13. The number of carbonyl (C=O) groups excluding carboxylic acids is 1. The van der Waals surface area contributed by atoms with Crippen LogP contribution in [0.3, 0.4) is 0 Å². The van der Waals surface area contributed by atoms with E-state index in [2.05, 4.69) is 10.0 Å². The maximum Gasteiger partial charge on any atom is 0.240 e. The lowest BCUT2D eigenvalue weighted by atomic mass is 10.2. The molecule has 0 aliphatic heterocycles. The number of hydrogen-bond donors (Lipinski definition) is 3. The molecule has 0 spiro atoms. The first-order valence-electron chi connectivity index (χ1n) is 5.92. The van der Waals surface area contributed by atoms with Crippen LogP contribution in [-0.2, 0) is 14.8 Å². The van der Waals surface area contributed by atoms with E-state index in [1.165, 1.54) is 12.1 Å². The Hall–Kier alpha value is -1.15. The molecule has 0 saturated carbocycles. The average molecular weight is 322 g/mol. The number of carbonyl (C=O) groups is 1. The summed E-state index contributed by atoms with van der Waals surface area (Å²) >= 11 is 0. The number of nitrogens with one attached hydrogen (secondary N) is 2. The minimum atomic E-state index is -3.53. The minimum absolute atomic E-state index is 0. The molecule has 1 atom stereocenters. The van der Waals surface area contributed by atoms with Crippen LogP contribution >= 0.6 is 12.4 Å². The van der Waals surface area contributed by atoms with Gasteiger partial charge in [-0.15, -0.1) is 12.4 Å². The molecule has 1 amide bonds. The van der Waals surface area contributed by atoms with E-state index in [0.717, 1.165) is 5.56 Å². The number of rotatable bonds is 6. The van der Waals surface area contributed by atoms with Gasteiger partial charge in [0.2, 0.25) is 15.9 Å². The number of halogens is 1. The normalized spacial score (nSPS) is 12.3. The predicted octanol–water partition coefficient (Wildman–Crippen LogP) is 0.159. The lowest BCUT2D eigenvalue weighted by Gasteiger charge is -2.09. The molecule has 0 radical (unpaired) electrons. The molecule has 114 valence electrons. The maximum atomic E-state index is 11.9. The summed E-state index contributed by atoms with van der Waals surface area (Å²) in [4.78, 5) is 11.4. The zero-order valence-corrected chi connectivity index (χ0v) is 13.1. The summed E-state index contributed by atoms with van der Waals surface area (Å²) in [6, 6.07) is 5.93. The summed E-state index contributed by atoms with van der Waals surface area (Å²) < 4.78 is 26.2. The van der Waals surface area contributed by atoms with Crippen molar-refractivity contribution < 1.29 is 13.2 Å². The summed E-state index contributed by atoms with van der Waals surface area (Å²) in [7, 11) is -3.53. The zero-order valence-electron chi connectivity index (χ0n) is 11.4. The van der Waals surface area contributed by atoms with Gasteiger partial charge in [0.15, 0.2) is 0 Å². The van der Waals surface area contributed by atoms with E-state index < -0.39 is 16.1 Å². The number of benzene rings is 1. The van der Waals surface area contributed by atoms with Gasteiger partial charge in [0, 0.05) is 13.1 Å². The number of hydrogen-bond acceptors (Lipinski definition) is 4. The second-order valence-electron chi connectivity index (χ2n) is 4.29. The Kier molecular flexibility index (Phi) is 7.74. The van der Waals surface area contributed by atoms with E-state index >= 15 is 0 Å². The topological polar surface area (TPSA) is 101 Å². The Labute approximate surface area is 125 Å². The van der Waals surface area contributed by atoms with Crippen LogP contribution in [0.15, 0.2) is 29.2 Å². The van der Waals surface area contributed by atoms with Crippen molar-refractivity contribution in [3.8, 4) is 0 Å². The van der Waals surface area contributed by atoms with E-state index in [1.54, 1.807) is 19.1 Å². The Bertz CT molecular complexity index is 529. The number of sulfonamides is 1. The summed E-state index contributed by atoms with van der Waals surface area (Å²) in [5.74, 6) is -0.311. The molecule has 4 N–H and O–H groups in total. The van der Waals surface area contributed by atoms with E-state index in [1.807, 2.05) is 6.92 Å². The van der Waals surface area contributed by atoms with Crippen molar-refractivity contribution in [2.75, 3.05) is 13.1 Å². The van der Waals surface area contributed by atoms with Gasteiger partial charge in [-0.25, -0.2) is 13.1 Å². The molecular weight excluding hydrogens is 302 g/mol. The van der Waals surface area contributed by atoms with Crippen LogP contribution < -0.4 is 15.8 Å². The van der Waals surface area contributed by atoms with E-state index in [-0.39, 0.29) is 36.3 Å². The molecule has 1 aromatic rings. The van der Waals surface area contributed by atoms with Crippen molar-refractivity contribution in [2.24, 2.45) is 5.73 Å². The minimum Gasteiger partial charge on any atom is -0.353 e. The smallest absolute Gasteiger partial charge is 0.240 e. The van der Waals surface area contributed by atoms with Crippen molar-refractivity contribution in [1.82, 2.24) is 10.0 Å². The first-order valence-corrected chi connectivity index (χ1v) is 7.41. The van der Waals surface area contributed by atoms with Gasteiger partial charge in [0.1, 0.15) is 0 Å². The Balaban J connectivity index is 0.00000361. The molecule has 0 aromatic heterocycles. The zero-order chi connectivity index (χ0) is 14.5. The highest BCUT2D eigenvalue weighted by molar-refractivity contribution is 7.89. The molecule has 6 nitrogen and oxygen atoms in total. The van der Waals surface area contributed by atoms with Crippen molar-refractivity contribution >= 4 is 28.3 Å². The highest BCUT2D eigenvalue weighted by Crippen LogP contribution is 2.09. The average Bonchev–Trinajstić information content (AvgIpc) is 2.34. The lowest BCUT2D eigenvalue weighted by molar-refractivity contribution is -0.121. The monoisotopic (exact) mass is 321 g/mol. The number of amides is 1. The predicted molar refractivity (Wildman–Crippen MR) is 80.3 cm³/mol. The first-order chi connectivity index (χ1) is 8.83. The Morgan fingerprint density at radius 3 is 2.30 bits per heavy atom. The molecule has 0 bridgehead atoms. The van der Waals surface area contributed by atoms with Crippen molar-refractivity contribution in [2.45, 2.75) is 24.8 Å². The third-order valence-electron chi connectivity index (χ3n) is 2.46. The fourth-order valence-electron chi connectivity index (χ4n) is 1.33. The van der Waals surface area contributed by atoms with Gasteiger partial charge in [0.05, 0.1) is 10.9 Å². The van der Waals surface area contributed by atoms with Gasteiger partial charge in [-0.2, -0.15) is 0 Å². The number of nitrogens with two attached hydrogens (primary N) is 1. The van der Waals surface area contributed by atoms with Crippen LogP contribution in [0, 0.1) is 6.92 Å². The fourth-order valence-corrected chi connectivity index (χ4v) is 2.36. The third kappa shape index (κ3) is 5.87. The van der Waals surface area contributed by atoms with E-state index in [9.17, 15) is 13.2 Å². The second kappa shape index (κ2) is 8.21. The van der Waals surface area contributed by atoms with E-state index in [0.29, 0.717) is 0 Å². The van der Waals surface area contributed by atoms with Gasteiger partial charge < -0.3 is 11.1 Å². The summed E-state index contributed by atoms with van der Waals surface area (Å²) in [6.07, 6.45) is 0. The molecule has 1 unspecified atom stereocenters. The van der Waals surface area contributed by atoms with Crippen molar-refractivity contribution in [1.29, 1.82) is 0 Å². The van der Waals surface area contributed by atoms with Crippen LogP contribution in [0.4, 0.5) is 0 Å². The van der Waals surface area contributed by atoms with Gasteiger partial charge in [-0.3, -0.25) is 4.79 Å². The molecular formula is C12H20ClN3O3S. The standard InChI is InChI=1S/C12H19N3O3S.ClH/c1-9-3-5-11(6-4-9)19(17,18)15-8-7-14-12(16)10(2)13;/h3-6,10,15H,7-8,13H2,1-2H3,(H,14,16);1H. The van der Waals surface area contributed by atoms with Crippen molar-refractivity contribution in [3.63, 3.8) is 0 Å². The maximum absolute atomic E-state index is 11.9. The van der Waals surface area contributed by atoms with Crippen LogP contribution in [0.1, 0.15) is 12.5 Å². The summed E-state index contributed by atoms with van der Waals surface area (Å²) in [5.41, 5.74) is 6.35. The Morgan fingerprint density at radius 2 is 1.80 bits per heavy atom. The molecule has 8 heteroatoms. The van der Waals surface area contributed by atoms with Gasteiger partial charge in [-0.1, -0.05) is 17.7 Å². The molecule has 0 saturated heterocycles. The second-order valence-corrected chi connectivity index (χ2v) is 6.06. The quantitative estimate of drug-likeness (QED) is 0.649. The molecule has 0 fully saturated rings. The van der Waals surface area contributed by atoms with Gasteiger partial charge in [0.25, 0.3) is 0 Å². The molecule has 0 aliphatic rings. The highest BCUT2D eigenvalue weighted by atomic mass is 35.5. The molecule has 1 rings (SSSR count). The number of aryl methyl sites for hydroxylation is 1. The van der Waals surface area contributed by atoms with Crippen LogP contribution in [-0.4, -0.2) is 33.5 Å². The largest absolute Gasteiger partial charge is 0.353 e. The molecule has 0 aliphatic carbocycles. The first kappa shape index (κ1) is 18.9. The van der Waals surface area contributed by atoms with E-state index in [4.69, 9.17) is 5.73 Å². The third-order valence-corrected chi connectivity index (χ3v) is 3.94. The fraction of sp³-hybridized carbons (Fsp3) is 0.417. The lowest BCUT2D eigenvalue weighted by Crippen LogP contribution is -2.41.